The Morgan fingerprint density at radius 1 is 1.00 bits per heavy atom. The fraction of sp³-hybridized carbons (Fsp3) is 0.240. The molecule has 0 aliphatic heterocycles. The number of hydrogen-bond donors (Lipinski definition) is 0. The lowest BCUT2D eigenvalue weighted by Crippen LogP contribution is -2.21. The van der Waals surface area contributed by atoms with Crippen molar-refractivity contribution in [2.24, 2.45) is 0 Å². The summed E-state index contributed by atoms with van der Waals surface area (Å²) in [4.78, 5) is 22.6. The number of benzene rings is 1. The van der Waals surface area contributed by atoms with Gasteiger partial charge in [0.05, 0.1) is 18.0 Å². The Morgan fingerprint density at radius 3 is 2.65 bits per heavy atom. The van der Waals surface area contributed by atoms with Crippen LogP contribution in [0.15, 0.2) is 68.7 Å². The highest BCUT2D eigenvalue weighted by Gasteiger charge is 2.25. The maximum Gasteiger partial charge on any atom is 0.297 e. The van der Waals surface area contributed by atoms with Crippen molar-refractivity contribution in [2.75, 3.05) is 0 Å². The summed E-state index contributed by atoms with van der Waals surface area (Å²) in [6.45, 7) is 0.548. The Labute approximate surface area is 178 Å². The molecule has 0 atom stereocenters. The fourth-order valence-electron chi connectivity index (χ4n) is 4.62. The monoisotopic (exact) mass is 411 g/mol. The SMILES string of the molecule is O=c1c2oc3nc(-c4ccco4)c4c(c3c2ncn1CCc1ccccc1)CCCC4. The first-order valence-electron chi connectivity index (χ1n) is 10.7. The highest BCUT2D eigenvalue weighted by atomic mass is 16.3. The summed E-state index contributed by atoms with van der Waals surface area (Å²) in [5, 5.41) is 0.882. The van der Waals surface area contributed by atoms with Gasteiger partial charge in [-0.1, -0.05) is 30.3 Å². The lowest BCUT2D eigenvalue weighted by Gasteiger charge is -2.18. The number of rotatable bonds is 4. The van der Waals surface area contributed by atoms with Gasteiger partial charge in [-0.15, -0.1) is 0 Å². The summed E-state index contributed by atoms with van der Waals surface area (Å²) >= 11 is 0. The Hall–Kier alpha value is -3.67. The lowest BCUT2D eigenvalue weighted by atomic mass is 9.88. The molecule has 31 heavy (non-hydrogen) atoms. The molecule has 6 heteroatoms. The second-order valence-electron chi connectivity index (χ2n) is 8.04. The minimum atomic E-state index is -0.164. The topological polar surface area (TPSA) is 74.1 Å². The minimum Gasteiger partial charge on any atom is -0.463 e. The molecule has 154 valence electrons. The first-order valence-corrected chi connectivity index (χ1v) is 10.7. The maximum absolute atomic E-state index is 13.2. The molecule has 0 fully saturated rings. The molecule has 4 aromatic heterocycles. The van der Waals surface area contributed by atoms with Crippen molar-refractivity contribution >= 4 is 22.2 Å². The zero-order valence-corrected chi connectivity index (χ0v) is 17.0. The standard InChI is InChI=1S/C25H21N3O3/c29-25-23-22(26-15-28(25)13-12-16-7-2-1-3-8-16)20-17-9-4-5-10-18(17)21(27-24(20)31-23)19-11-6-14-30-19/h1-3,6-8,11,14-15H,4-5,9-10,12-13H2. The Bertz CT molecular complexity index is 1450. The summed E-state index contributed by atoms with van der Waals surface area (Å²) in [7, 11) is 0. The van der Waals surface area contributed by atoms with Gasteiger partial charge in [0.15, 0.2) is 5.76 Å². The lowest BCUT2D eigenvalue weighted by molar-refractivity contribution is 0.575. The van der Waals surface area contributed by atoms with Crippen LogP contribution in [0.1, 0.15) is 29.5 Å². The zero-order valence-electron chi connectivity index (χ0n) is 17.0. The van der Waals surface area contributed by atoms with Gasteiger partial charge in [-0.2, -0.15) is 0 Å². The Balaban J connectivity index is 1.51. The van der Waals surface area contributed by atoms with E-state index in [9.17, 15) is 4.79 Å². The molecular weight excluding hydrogens is 390 g/mol. The molecule has 1 aliphatic carbocycles. The van der Waals surface area contributed by atoms with Crippen molar-refractivity contribution in [3.8, 4) is 11.5 Å². The first-order chi connectivity index (χ1) is 15.3. The number of hydrogen-bond acceptors (Lipinski definition) is 5. The Kier molecular flexibility index (Phi) is 4.23. The van der Waals surface area contributed by atoms with Crippen molar-refractivity contribution < 1.29 is 8.83 Å². The van der Waals surface area contributed by atoms with E-state index in [2.05, 4.69) is 17.1 Å². The van der Waals surface area contributed by atoms with Gasteiger partial charge in [0, 0.05) is 6.54 Å². The molecule has 0 N–H and O–H groups in total. The normalized spacial score (nSPS) is 13.7. The molecule has 0 saturated carbocycles. The molecule has 6 rings (SSSR count). The number of fused-ring (bicyclic) bond motifs is 5. The van der Waals surface area contributed by atoms with Crippen LogP contribution in [-0.4, -0.2) is 14.5 Å². The van der Waals surface area contributed by atoms with Gasteiger partial charge in [0.2, 0.25) is 11.3 Å². The number of aromatic nitrogens is 3. The van der Waals surface area contributed by atoms with E-state index < -0.39 is 0 Å². The quantitative estimate of drug-likeness (QED) is 0.420. The highest BCUT2D eigenvalue weighted by Crippen LogP contribution is 2.38. The van der Waals surface area contributed by atoms with Crippen molar-refractivity contribution in [2.45, 2.75) is 38.6 Å². The second kappa shape index (κ2) is 7.23. The van der Waals surface area contributed by atoms with E-state index in [1.807, 2.05) is 30.3 Å². The predicted molar refractivity (Wildman–Crippen MR) is 118 cm³/mol. The Morgan fingerprint density at radius 2 is 1.84 bits per heavy atom. The van der Waals surface area contributed by atoms with Crippen LogP contribution in [0.4, 0.5) is 0 Å². The van der Waals surface area contributed by atoms with Crippen molar-refractivity contribution in [1.29, 1.82) is 0 Å². The molecule has 0 bridgehead atoms. The minimum absolute atomic E-state index is 0.164. The first kappa shape index (κ1) is 18.1. The number of furan rings is 2. The van der Waals surface area contributed by atoms with Crippen LogP contribution in [0.3, 0.4) is 0 Å². The molecule has 0 spiro atoms. The molecule has 6 nitrogen and oxygen atoms in total. The second-order valence-corrected chi connectivity index (χ2v) is 8.04. The molecule has 0 radical (unpaired) electrons. The van der Waals surface area contributed by atoms with E-state index in [-0.39, 0.29) is 11.1 Å². The van der Waals surface area contributed by atoms with Gasteiger partial charge in [0.25, 0.3) is 5.56 Å². The van der Waals surface area contributed by atoms with Crippen molar-refractivity contribution in [3.63, 3.8) is 0 Å². The van der Waals surface area contributed by atoms with Crippen LogP contribution in [-0.2, 0) is 25.8 Å². The van der Waals surface area contributed by atoms with Gasteiger partial charge in [-0.05, 0) is 60.9 Å². The van der Waals surface area contributed by atoms with E-state index in [1.165, 1.54) is 16.7 Å². The van der Waals surface area contributed by atoms with Crippen LogP contribution < -0.4 is 5.56 Å². The maximum atomic E-state index is 13.2. The molecule has 1 aromatic carbocycles. The van der Waals surface area contributed by atoms with Gasteiger partial charge < -0.3 is 8.83 Å². The average Bonchev–Trinajstić information content (AvgIpc) is 3.47. The van der Waals surface area contributed by atoms with Gasteiger partial charge >= 0.3 is 0 Å². The van der Waals surface area contributed by atoms with Crippen LogP contribution in [0.5, 0.6) is 0 Å². The van der Waals surface area contributed by atoms with Crippen LogP contribution in [0, 0.1) is 0 Å². The van der Waals surface area contributed by atoms with Crippen molar-refractivity contribution in [3.05, 3.63) is 82.1 Å². The largest absolute Gasteiger partial charge is 0.463 e. The van der Waals surface area contributed by atoms with Crippen LogP contribution in [0.2, 0.25) is 0 Å². The van der Waals surface area contributed by atoms with Crippen molar-refractivity contribution in [1.82, 2.24) is 14.5 Å². The summed E-state index contributed by atoms with van der Waals surface area (Å²) < 4.78 is 13.3. The number of pyridine rings is 1. The third kappa shape index (κ3) is 2.98. The third-order valence-electron chi connectivity index (χ3n) is 6.15. The fourth-order valence-corrected chi connectivity index (χ4v) is 4.62. The van der Waals surface area contributed by atoms with E-state index in [0.29, 0.717) is 17.8 Å². The van der Waals surface area contributed by atoms with E-state index in [4.69, 9.17) is 13.8 Å². The molecule has 5 aromatic rings. The van der Waals surface area contributed by atoms with Gasteiger partial charge in [-0.25, -0.2) is 9.97 Å². The summed E-state index contributed by atoms with van der Waals surface area (Å²) in [6, 6.07) is 13.9. The molecule has 0 saturated heterocycles. The van der Waals surface area contributed by atoms with E-state index >= 15 is 0 Å². The zero-order chi connectivity index (χ0) is 20.8. The molecule has 4 heterocycles. The van der Waals surface area contributed by atoms with Crippen LogP contribution >= 0.6 is 0 Å². The smallest absolute Gasteiger partial charge is 0.297 e. The number of nitrogens with zero attached hydrogens (tertiary/aromatic N) is 3. The van der Waals surface area contributed by atoms with Gasteiger partial charge in [-0.3, -0.25) is 9.36 Å². The molecule has 0 amide bonds. The molecule has 1 aliphatic rings. The van der Waals surface area contributed by atoms with Gasteiger partial charge in [0.1, 0.15) is 11.2 Å². The number of aryl methyl sites for hydroxylation is 3. The average molecular weight is 411 g/mol. The third-order valence-corrected chi connectivity index (χ3v) is 6.15. The predicted octanol–water partition coefficient (Wildman–Crippen LogP) is 4.92. The summed E-state index contributed by atoms with van der Waals surface area (Å²) in [6.07, 6.45) is 8.13. The molecule has 0 unspecified atom stereocenters. The van der Waals surface area contributed by atoms with Crippen LogP contribution in [0.25, 0.3) is 33.7 Å². The van der Waals surface area contributed by atoms with E-state index in [0.717, 1.165) is 48.9 Å². The summed E-state index contributed by atoms with van der Waals surface area (Å²) in [5.41, 5.74) is 5.57. The van der Waals surface area contributed by atoms with E-state index in [1.54, 1.807) is 17.2 Å². The highest BCUT2D eigenvalue weighted by molar-refractivity contribution is 6.04. The summed E-state index contributed by atoms with van der Waals surface area (Å²) in [5.74, 6) is 0.730. The molecular formula is C25H21N3O3.